The minimum absolute atomic E-state index is 0.0852. The van der Waals surface area contributed by atoms with Crippen LogP contribution in [0.3, 0.4) is 0 Å². The number of anilines is 1. The maximum absolute atomic E-state index is 13.0. The predicted molar refractivity (Wildman–Crippen MR) is 108 cm³/mol. The summed E-state index contributed by atoms with van der Waals surface area (Å²) in [7, 11) is 0. The Labute approximate surface area is 154 Å². The molecule has 0 radical (unpaired) electrons. The molecule has 2 heteroatoms. The predicted octanol–water partition coefficient (Wildman–Crippen LogP) is 5.35. The second kappa shape index (κ2) is 7.40. The number of carbonyl (C=O) groups is 1. The molecular weight excluding hydrogens is 318 g/mol. The van der Waals surface area contributed by atoms with Crippen LogP contribution >= 0.6 is 0 Å². The van der Waals surface area contributed by atoms with Crippen molar-refractivity contribution in [2.24, 2.45) is 0 Å². The Bertz CT molecular complexity index is 942. The highest BCUT2D eigenvalue weighted by atomic mass is 16.1. The van der Waals surface area contributed by atoms with Gasteiger partial charge in [0.25, 0.3) is 5.91 Å². The lowest BCUT2D eigenvalue weighted by atomic mass is 10.0. The Hall–Kier alpha value is -3.13. The van der Waals surface area contributed by atoms with Crippen LogP contribution in [0.25, 0.3) is 11.6 Å². The molecule has 1 aliphatic carbocycles. The maximum atomic E-state index is 13.0. The molecule has 1 amide bonds. The van der Waals surface area contributed by atoms with Gasteiger partial charge in [0.1, 0.15) is 0 Å². The molecule has 0 unspecified atom stereocenters. The number of nitrogens with one attached hydrogen (secondary N) is 1. The first-order valence-corrected chi connectivity index (χ1v) is 9.05. The van der Waals surface area contributed by atoms with Crippen molar-refractivity contribution >= 4 is 23.2 Å². The van der Waals surface area contributed by atoms with Gasteiger partial charge in [0.2, 0.25) is 0 Å². The van der Waals surface area contributed by atoms with Crippen LogP contribution in [-0.4, -0.2) is 5.91 Å². The molecule has 1 N–H and O–H groups in total. The van der Waals surface area contributed by atoms with Crippen LogP contribution in [0, 0.1) is 0 Å². The topological polar surface area (TPSA) is 29.1 Å². The third kappa shape index (κ3) is 3.60. The van der Waals surface area contributed by atoms with Gasteiger partial charge in [0, 0.05) is 11.3 Å². The second-order valence-electron chi connectivity index (χ2n) is 6.63. The zero-order valence-electron chi connectivity index (χ0n) is 14.6. The molecule has 0 saturated heterocycles. The number of rotatable bonds is 4. The van der Waals surface area contributed by atoms with Crippen molar-refractivity contribution in [2.75, 3.05) is 5.32 Å². The van der Waals surface area contributed by atoms with Crippen LogP contribution in [0.1, 0.15) is 28.7 Å². The second-order valence-corrected chi connectivity index (χ2v) is 6.63. The van der Waals surface area contributed by atoms with Gasteiger partial charge in [-0.1, -0.05) is 66.7 Å². The molecule has 0 bridgehead atoms. The summed E-state index contributed by atoms with van der Waals surface area (Å²) in [5, 5.41) is 3.08. The number of hydrogen-bond acceptors (Lipinski definition) is 1. The summed E-state index contributed by atoms with van der Waals surface area (Å²) in [6, 6.07) is 26.0. The molecular formula is C24H21NO. The van der Waals surface area contributed by atoms with Crippen LogP contribution in [0.15, 0.2) is 78.9 Å². The van der Waals surface area contributed by atoms with Crippen molar-refractivity contribution in [1.82, 2.24) is 0 Å². The van der Waals surface area contributed by atoms with Gasteiger partial charge in [-0.2, -0.15) is 0 Å². The van der Waals surface area contributed by atoms with E-state index >= 15 is 0 Å². The number of hydrogen-bond donors (Lipinski definition) is 1. The molecule has 0 heterocycles. The smallest absolute Gasteiger partial charge is 0.256 e. The highest BCUT2D eigenvalue weighted by Gasteiger charge is 2.15. The van der Waals surface area contributed by atoms with E-state index in [9.17, 15) is 4.79 Å². The quantitative estimate of drug-likeness (QED) is 0.503. The van der Waals surface area contributed by atoms with Gasteiger partial charge in [-0.15, -0.1) is 0 Å². The summed E-state index contributed by atoms with van der Waals surface area (Å²) in [5.41, 5.74) is 6.22. The molecule has 26 heavy (non-hydrogen) atoms. The molecule has 128 valence electrons. The van der Waals surface area contributed by atoms with E-state index in [0.717, 1.165) is 29.7 Å². The summed E-state index contributed by atoms with van der Waals surface area (Å²) in [6.07, 6.45) is 5.39. The summed E-state index contributed by atoms with van der Waals surface area (Å²) in [5.74, 6) is -0.0852. The van der Waals surface area contributed by atoms with Crippen molar-refractivity contribution in [1.29, 1.82) is 0 Å². The minimum Gasteiger partial charge on any atom is -0.322 e. The van der Waals surface area contributed by atoms with Crippen LogP contribution < -0.4 is 5.32 Å². The third-order valence-electron chi connectivity index (χ3n) is 4.80. The van der Waals surface area contributed by atoms with Gasteiger partial charge in [-0.25, -0.2) is 0 Å². The molecule has 0 aliphatic heterocycles. The minimum atomic E-state index is -0.0852. The maximum Gasteiger partial charge on any atom is 0.256 e. The molecule has 2 nitrogen and oxygen atoms in total. The van der Waals surface area contributed by atoms with Gasteiger partial charge < -0.3 is 5.32 Å². The molecule has 3 aromatic carbocycles. The number of benzene rings is 3. The Kier molecular flexibility index (Phi) is 4.65. The SMILES string of the molecule is O=C(Nc1ccc2c(c1)CCC2)/C(=C/c1ccccc1)c1ccccc1. The van der Waals surface area contributed by atoms with E-state index in [-0.39, 0.29) is 5.91 Å². The highest BCUT2D eigenvalue weighted by Crippen LogP contribution is 2.26. The molecule has 4 rings (SSSR count). The van der Waals surface area contributed by atoms with E-state index in [0.29, 0.717) is 5.57 Å². The molecule has 0 fully saturated rings. The summed E-state index contributed by atoms with van der Waals surface area (Å²) >= 11 is 0. The van der Waals surface area contributed by atoms with Gasteiger partial charge in [0.15, 0.2) is 0 Å². The molecule has 1 aliphatic rings. The van der Waals surface area contributed by atoms with Crippen LogP contribution in [0.2, 0.25) is 0 Å². The average molecular weight is 339 g/mol. The molecule has 0 saturated carbocycles. The zero-order valence-corrected chi connectivity index (χ0v) is 14.6. The lowest BCUT2D eigenvalue weighted by Gasteiger charge is -2.11. The van der Waals surface area contributed by atoms with Gasteiger partial charge in [-0.3, -0.25) is 4.79 Å². The normalized spacial score (nSPS) is 13.3. The largest absolute Gasteiger partial charge is 0.322 e. The van der Waals surface area contributed by atoms with Crippen molar-refractivity contribution in [3.05, 3.63) is 101 Å². The van der Waals surface area contributed by atoms with Crippen LogP contribution in [0.4, 0.5) is 5.69 Å². The van der Waals surface area contributed by atoms with Crippen molar-refractivity contribution in [2.45, 2.75) is 19.3 Å². The van der Waals surface area contributed by atoms with Gasteiger partial charge in [0.05, 0.1) is 0 Å². The fourth-order valence-electron chi connectivity index (χ4n) is 3.46. The average Bonchev–Trinajstić information content (AvgIpc) is 3.15. The van der Waals surface area contributed by atoms with E-state index in [2.05, 4.69) is 17.4 Å². The monoisotopic (exact) mass is 339 g/mol. The van der Waals surface area contributed by atoms with E-state index in [1.54, 1.807) is 0 Å². The first-order valence-electron chi connectivity index (χ1n) is 9.05. The van der Waals surface area contributed by atoms with Gasteiger partial charge in [-0.05, 0) is 59.7 Å². The lowest BCUT2D eigenvalue weighted by Crippen LogP contribution is -2.13. The Morgan fingerprint density at radius 3 is 2.27 bits per heavy atom. The summed E-state index contributed by atoms with van der Waals surface area (Å²) in [6.45, 7) is 0. The molecule has 0 spiro atoms. The first kappa shape index (κ1) is 16.3. The van der Waals surface area contributed by atoms with E-state index in [1.807, 2.05) is 72.8 Å². The van der Waals surface area contributed by atoms with Crippen LogP contribution in [-0.2, 0) is 17.6 Å². The lowest BCUT2D eigenvalue weighted by molar-refractivity contribution is -0.111. The molecule has 3 aromatic rings. The Balaban J connectivity index is 1.65. The molecule has 0 atom stereocenters. The zero-order chi connectivity index (χ0) is 17.8. The number of carbonyl (C=O) groups excluding carboxylic acids is 1. The number of amides is 1. The summed E-state index contributed by atoms with van der Waals surface area (Å²) < 4.78 is 0. The Morgan fingerprint density at radius 1 is 0.808 bits per heavy atom. The van der Waals surface area contributed by atoms with E-state index in [4.69, 9.17) is 0 Å². The van der Waals surface area contributed by atoms with E-state index in [1.165, 1.54) is 17.5 Å². The fourth-order valence-corrected chi connectivity index (χ4v) is 3.46. The van der Waals surface area contributed by atoms with E-state index < -0.39 is 0 Å². The number of aryl methyl sites for hydroxylation is 2. The third-order valence-corrected chi connectivity index (χ3v) is 4.80. The first-order chi connectivity index (χ1) is 12.8. The van der Waals surface area contributed by atoms with Gasteiger partial charge >= 0.3 is 0 Å². The van der Waals surface area contributed by atoms with Crippen molar-refractivity contribution < 1.29 is 4.79 Å². The fraction of sp³-hybridized carbons (Fsp3) is 0.125. The highest BCUT2D eigenvalue weighted by molar-refractivity contribution is 6.29. The standard InChI is InChI=1S/C24H21NO/c26-24(25-22-15-14-19-12-7-13-21(19)17-22)23(20-10-5-2-6-11-20)16-18-8-3-1-4-9-18/h1-6,8-11,14-17H,7,12-13H2,(H,25,26)/b23-16+. The molecule has 0 aromatic heterocycles. The summed E-state index contributed by atoms with van der Waals surface area (Å²) in [4.78, 5) is 13.0. The van der Waals surface area contributed by atoms with Crippen molar-refractivity contribution in [3.63, 3.8) is 0 Å². The Morgan fingerprint density at radius 2 is 1.50 bits per heavy atom. The van der Waals surface area contributed by atoms with Crippen LogP contribution in [0.5, 0.6) is 0 Å². The van der Waals surface area contributed by atoms with Crippen molar-refractivity contribution in [3.8, 4) is 0 Å². The number of fused-ring (bicyclic) bond motifs is 1.